The van der Waals surface area contributed by atoms with E-state index in [2.05, 4.69) is 42.0 Å². The van der Waals surface area contributed by atoms with Crippen LogP contribution in [0, 0.1) is 17.8 Å². The molecule has 2 atom stereocenters. The van der Waals surface area contributed by atoms with Crippen LogP contribution in [-0.4, -0.2) is 48.2 Å². The van der Waals surface area contributed by atoms with Gasteiger partial charge in [-0.3, -0.25) is 14.7 Å². The number of aromatic nitrogens is 1. The quantitative estimate of drug-likeness (QED) is 0.491. The molecule has 1 aliphatic heterocycles. The van der Waals surface area contributed by atoms with Gasteiger partial charge in [-0.1, -0.05) is 46.6 Å². The van der Waals surface area contributed by atoms with Crippen LogP contribution in [-0.2, 0) is 16.4 Å². The maximum Gasteiger partial charge on any atom is 0.251 e. The van der Waals surface area contributed by atoms with Gasteiger partial charge in [0.05, 0.1) is 29.0 Å². The summed E-state index contributed by atoms with van der Waals surface area (Å²) in [4.78, 5) is 20.1. The van der Waals surface area contributed by atoms with E-state index in [1.807, 2.05) is 12.1 Å². The topological polar surface area (TPSA) is 99.6 Å². The lowest BCUT2D eigenvalue weighted by molar-refractivity contribution is 0.0914. The first-order valence-electron chi connectivity index (χ1n) is 13.6. The zero-order chi connectivity index (χ0) is 26.7. The largest absolute Gasteiger partial charge is 0.394 e. The molecule has 4 rings (SSSR count). The summed E-state index contributed by atoms with van der Waals surface area (Å²) in [5, 5.41) is 12.8. The Hall–Kier alpha value is -2.29. The number of amides is 1. The van der Waals surface area contributed by atoms with Crippen molar-refractivity contribution in [2.24, 2.45) is 17.8 Å². The maximum atomic E-state index is 13.1. The highest BCUT2D eigenvalue weighted by Gasteiger charge is 2.34. The van der Waals surface area contributed by atoms with Crippen LogP contribution in [0.3, 0.4) is 0 Å². The number of carbonyl (C=O) groups excluding carboxylic acids is 1. The number of benzene rings is 1. The molecule has 1 amide bonds. The SMILES string of the molecule is CCS(=O)(=O)c1ccc([C@@H](CO)NC(=O)c2ccc3c(c2)CN(CC2CCC(C)CC2)[C@H]3C(C)C)nc1. The van der Waals surface area contributed by atoms with E-state index < -0.39 is 15.9 Å². The Labute approximate surface area is 221 Å². The number of fused-ring (bicyclic) bond motifs is 1. The molecule has 2 aliphatic rings. The van der Waals surface area contributed by atoms with Gasteiger partial charge in [-0.25, -0.2) is 8.42 Å². The highest BCUT2D eigenvalue weighted by Crippen LogP contribution is 2.41. The summed E-state index contributed by atoms with van der Waals surface area (Å²) >= 11 is 0. The standard InChI is InChI=1S/C29H41N3O4S/c1-5-37(35,36)24-11-13-26(30-15-24)27(18-33)31-29(34)22-10-12-25-23(14-22)17-32(28(25)19(2)3)16-21-8-6-20(4)7-9-21/h10-15,19-21,27-28,33H,5-9,16-18H2,1-4H3,(H,31,34)/t20?,21?,27-,28+/m1/s1. The minimum Gasteiger partial charge on any atom is -0.394 e. The molecule has 1 aromatic carbocycles. The lowest BCUT2D eigenvalue weighted by Gasteiger charge is -2.34. The Balaban J connectivity index is 1.47. The smallest absolute Gasteiger partial charge is 0.251 e. The summed E-state index contributed by atoms with van der Waals surface area (Å²) in [6.45, 7) is 10.1. The third kappa shape index (κ3) is 6.24. The molecule has 0 bridgehead atoms. The van der Waals surface area contributed by atoms with Crippen LogP contribution < -0.4 is 5.32 Å². The highest BCUT2D eigenvalue weighted by molar-refractivity contribution is 7.91. The van der Waals surface area contributed by atoms with Crippen molar-refractivity contribution in [3.05, 3.63) is 58.9 Å². The van der Waals surface area contributed by atoms with Gasteiger partial charge < -0.3 is 10.4 Å². The van der Waals surface area contributed by atoms with E-state index in [0.717, 1.165) is 24.9 Å². The first kappa shape index (κ1) is 27.7. The minimum absolute atomic E-state index is 0.0124. The van der Waals surface area contributed by atoms with Gasteiger partial charge >= 0.3 is 0 Å². The Morgan fingerprint density at radius 3 is 2.49 bits per heavy atom. The van der Waals surface area contributed by atoms with E-state index in [0.29, 0.717) is 23.2 Å². The summed E-state index contributed by atoms with van der Waals surface area (Å²) in [6.07, 6.45) is 6.52. The first-order chi connectivity index (χ1) is 17.6. The van der Waals surface area contributed by atoms with Gasteiger partial charge in [0.2, 0.25) is 0 Å². The predicted molar refractivity (Wildman–Crippen MR) is 145 cm³/mol. The molecule has 2 N–H and O–H groups in total. The van der Waals surface area contributed by atoms with Crippen LogP contribution in [0.2, 0.25) is 0 Å². The molecule has 0 saturated heterocycles. The normalized spacial score (nSPS) is 23.1. The van der Waals surface area contributed by atoms with Crippen molar-refractivity contribution in [2.45, 2.75) is 76.9 Å². The van der Waals surface area contributed by atoms with Crippen LogP contribution in [0.25, 0.3) is 0 Å². The molecular weight excluding hydrogens is 486 g/mol. The summed E-state index contributed by atoms with van der Waals surface area (Å²) < 4.78 is 24.1. The van der Waals surface area contributed by atoms with Crippen molar-refractivity contribution in [3.63, 3.8) is 0 Å². The fourth-order valence-corrected chi connectivity index (χ4v) is 6.71. The molecule has 0 spiro atoms. The molecule has 7 nitrogen and oxygen atoms in total. The average Bonchev–Trinajstić information content (AvgIpc) is 3.25. The number of hydrogen-bond donors (Lipinski definition) is 2. The molecule has 8 heteroatoms. The molecule has 1 fully saturated rings. The summed E-state index contributed by atoms with van der Waals surface area (Å²) in [5.41, 5.74) is 3.48. The molecule has 202 valence electrons. The van der Waals surface area contributed by atoms with Crippen molar-refractivity contribution in [3.8, 4) is 0 Å². The lowest BCUT2D eigenvalue weighted by Crippen LogP contribution is -2.32. The van der Waals surface area contributed by atoms with Crippen molar-refractivity contribution < 1.29 is 18.3 Å². The van der Waals surface area contributed by atoms with Crippen LogP contribution in [0.5, 0.6) is 0 Å². The molecule has 0 unspecified atom stereocenters. The van der Waals surface area contributed by atoms with E-state index in [4.69, 9.17) is 0 Å². The molecule has 2 heterocycles. The monoisotopic (exact) mass is 527 g/mol. The average molecular weight is 528 g/mol. The Kier molecular flexibility index (Phi) is 8.71. The van der Waals surface area contributed by atoms with Crippen molar-refractivity contribution in [1.29, 1.82) is 0 Å². The number of aliphatic hydroxyl groups excluding tert-OH is 1. The van der Waals surface area contributed by atoms with Gasteiger partial charge in [-0.2, -0.15) is 0 Å². The number of sulfone groups is 1. The van der Waals surface area contributed by atoms with E-state index in [-0.39, 0.29) is 23.2 Å². The second kappa shape index (κ2) is 11.6. The third-order valence-corrected chi connectivity index (χ3v) is 9.81. The van der Waals surface area contributed by atoms with Crippen molar-refractivity contribution >= 4 is 15.7 Å². The number of nitrogens with zero attached hydrogens (tertiary/aromatic N) is 2. The second-order valence-electron chi connectivity index (χ2n) is 11.2. The summed E-state index contributed by atoms with van der Waals surface area (Å²) in [7, 11) is -3.36. The predicted octanol–water partition coefficient (Wildman–Crippen LogP) is 4.68. The molecule has 0 radical (unpaired) electrons. The number of nitrogens with one attached hydrogen (secondary N) is 1. The van der Waals surface area contributed by atoms with Gasteiger partial charge in [0, 0.05) is 30.9 Å². The number of rotatable bonds is 9. The first-order valence-corrected chi connectivity index (χ1v) is 15.3. The molecular formula is C29H41N3O4S. The van der Waals surface area contributed by atoms with Gasteiger partial charge in [0.1, 0.15) is 0 Å². The van der Waals surface area contributed by atoms with Gasteiger partial charge in [-0.15, -0.1) is 0 Å². The maximum absolute atomic E-state index is 13.1. The van der Waals surface area contributed by atoms with Crippen LogP contribution in [0.1, 0.15) is 92.6 Å². The van der Waals surface area contributed by atoms with Crippen LogP contribution in [0.4, 0.5) is 0 Å². The fraction of sp³-hybridized carbons (Fsp3) is 0.586. The molecule has 37 heavy (non-hydrogen) atoms. The molecule has 1 aliphatic carbocycles. The lowest BCUT2D eigenvalue weighted by atomic mass is 9.82. The Bertz CT molecular complexity index is 1190. The Morgan fingerprint density at radius 2 is 1.89 bits per heavy atom. The summed E-state index contributed by atoms with van der Waals surface area (Å²) in [5.74, 6) is 1.77. The van der Waals surface area contributed by atoms with Gasteiger partial charge in [0.25, 0.3) is 5.91 Å². The third-order valence-electron chi connectivity index (χ3n) is 8.09. The van der Waals surface area contributed by atoms with E-state index >= 15 is 0 Å². The number of hydrogen-bond acceptors (Lipinski definition) is 6. The van der Waals surface area contributed by atoms with Crippen molar-refractivity contribution in [1.82, 2.24) is 15.2 Å². The minimum atomic E-state index is -3.36. The van der Waals surface area contributed by atoms with Gasteiger partial charge in [-0.05, 0) is 66.0 Å². The fourth-order valence-electron chi connectivity index (χ4n) is 5.89. The van der Waals surface area contributed by atoms with E-state index in [1.165, 1.54) is 49.1 Å². The number of aliphatic hydroxyl groups is 1. The molecule has 2 aromatic rings. The van der Waals surface area contributed by atoms with Gasteiger partial charge in [0.15, 0.2) is 9.84 Å². The van der Waals surface area contributed by atoms with E-state index in [1.54, 1.807) is 13.0 Å². The summed E-state index contributed by atoms with van der Waals surface area (Å²) in [6, 6.07) is 8.60. The zero-order valence-corrected chi connectivity index (χ0v) is 23.3. The molecule has 1 aromatic heterocycles. The van der Waals surface area contributed by atoms with Crippen molar-refractivity contribution in [2.75, 3.05) is 18.9 Å². The zero-order valence-electron chi connectivity index (χ0n) is 22.5. The van der Waals surface area contributed by atoms with Crippen LogP contribution >= 0.6 is 0 Å². The highest BCUT2D eigenvalue weighted by atomic mass is 32.2. The van der Waals surface area contributed by atoms with Crippen LogP contribution in [0.15, 0.2) is 41.4 Å². The van der Waals surface area contributed by atoms with E-state index in [9.17, 15) is 18.3 Å². The number of carbonyl (C=O) groups is 1. The second-order valence-corrected chi connectivity index (χ2v) is 13.5. The Morgan fingerprint density at radius 1 is 1.16 bits per heavy atom. The molecule has 1 saturated carbocycles. The number of pyridine rings is 1.